The average molecular weight is 460 g/mol. The van der Waals surface area contributed by atoms with E-state index in [4.69, 9.17) is 0 Å². The molecule has 1 heterocycles. The first-order valence-corrected chi connectivity index (χ1v) is 12.8. The van der Waals surface area contributed by atoms with Crippen molar-refractivity contribution in [3.05, 3.63) is 92.7 Å². The summed E-state index contributed by atoms with van der Waals surface area (Å²) >= 11 is 1.66. The molecule has 0 amide bonds. The highest BCUT2D eigenvalue weighted by Gasteiger charge is 2.27. The Hall–Kier alpha value is -2.64. The van der Waals surface area contributed by atoms with E-state index >= 15 is 0 Å². The Morgan fingerprint density at radius 3 is 2.42 bits per heavy atom. The molecule has 2 aromatic carbocycles. The number of nitrogens with one attached hydrogen (secondary N) is 1. The minimum absolute atomic E-state index is 0.147. The van der Waals surface area contributed by atoms with Gasteiger partial charge in [0, 0.05) is 25.7 Å². The molecule has 4 heteroatoms. The van der Waals surface area contributed by atoms with Gasteiger partial charge in [0.1, 0.15) is 16.3 Å². The Morgan fingerprint density at radius 2 is 1.79 bits per heavy atom. The normalized spacial score (nSPS) is 16.8. The molecule has 0 spiro atoms. The first-order chi connectivity index (χ1) is 15.9. The number of fused-ring (bicyclic) bond motifs is 1. The molecule has 33 heavy (non-hydrogen) atoms. The van der Waals surface area contributed by atoms with Crippen molar-refractivity contribution in [1.29, 1.82) is 5.26 Å². The van der Waals surface area contributed by atoms with Crippen LogP contribution in [-0.2, 0) is 19.3 Å². The second-order valence-corrected chi connectivity index (χ2v) is 10.2. The molecule has 1 aliphatic heterocycles. The maximum absolute atomic E-state index is 9.67. The van der Waals surface area contributed by atoms with Gasteiger partial charge in [0.2, 0.25) is 0 Å². The van der Waals surface area contributed by atoms with E-state index in [2.05, 4.69) is 76.0 Å². The number of rotatable bonds is 5. The van der Waals surface area contributed by atoms with E-state index in [-0.39, 0.29) is 5.37 Å². The lowest BCUT2D eigenvalue weighted by atomic mass is 9.90. The zero-order chi connectivity index (χ0) is 24.0. The maximum Gasteiger partial charge on any atom is 0.108 e. The zero-order valence-corrected chi connectivity index (χ0v) is 21.6. The fraction of sp³-hybridized carbons (Fsp3) is 0.414. The van der Waals surface area contributed by atoms with Crippen LogP contribution in [-0.4, -0.2) is 18.5 Å². The largest absolute Gasteiger partial charge is 0.381 e. The molecule has 3 nitrogen and oxygen atoms in total. The summed E-state index contributed by atoms with van der Waals surface area (Å²) in [7, 11) is 1.99. The Bertz CT molecular complexity index is 1080. The van der Waals surface area contributed by atoms with E-state index in [0.29, 0.717) is 0 Å². The van der Waals surface area contributed by atoms with Crippen LogP contribution in [0.2, 0.25) is 0 Å². The van der Waals surface area contributed by atoms with Crippen LogP contribution >= 0.6 is 11.8 Å². The third-order valence-corrected chi connectivity index (χ3v) is 7.92. The van der Waals surface area contributed by atoms with Crippen molar-refractivity contribution in [1.82, 2.24) is 10.2 Å². The molecule has 0 bridgehead atoms. The van der Waals surface area contributed by atoms with Crippen LogP contribution in [0.5, 0.6) is 0 Å². The predicted octanol–water partition coefficient (Wildman–Crippen LogP) is 6.89. The third kappa shape index (κ3) is 6.24. The lowest BCUT2D eigenvalue weighted by molar-refractivity contribution is 0.486. The molecule has 1 unspecified atom stereocenters. The summed E-state index contributed by atoms with van der Waals surface area (Å²) in [6, 6.07) is 13.8. The van der Waals surface area contributed by atoms with Crippen molar-refractivity contribution in [3.8, 4) is 6.07 Å². The van der Waals surface area contributed by atoms with E-state index in [0.717, 1.165) is 23.6 Å². The fourth-order valence-corrected chi connectivity index (χ4v) is 5.31. The van der Waals surface area contributed by atoms with Gasteiger partial charge in [-0.1, -0.05) is 48.7 Å². The number of hydrogen-bond donors (Lipinski definition) is 1. The van der Waals surface area contributed by atoms with Crippen molar-refractivity contribution in [2.75, 3.05) is 13.6 Å². The Balaban J connectivity index is 0.000000454. The Labute approximate surface area is 204 Å². The molecule has 0 saturated heterocycles. The first kappa shape index (κ1) is 25.0. The van der Waals surface area contributed by atoms with Crippen LogP contribution in [0.4, 0.5) is 0 Å². The van der Waals surface area contributed by atoms with Gasteiger partial charge in [0.15, 0.2) is 0 Å². The van der Waals surface area contributed by atoms with Crippen molar-refractivity contribution < 1.29 is 0 Å². The number of hydrogen-bond acceptors (Lipinski definition) is 4. The predicted molar refractivity (Wildman–Crippen MR) is 142 cm³/mol. The molecule has 2 aromatic rings. The average Bonchev–Trinajstić information content (AvgIpc) is 3.25. The second-order valence-electron chi connectivity index (χ2n) is 9.09. The number of allylic oxidation sites excluding steroid dienone is 2. The van der Waals surface area contributed by atoms with Gasteiger partial charge < -0.3 is 10.2 Å². The minimum Gasteiger partial charge on any atom is -0.381 e. The summed E-state index contributed by atoms with van der Waals surface area (Å²) in [4.78, 5) is 2.84. The van der Waals surface area contributed by atoms with E-state index in [1.165, 1.54) is 64.6 Å². The standard InChI is InChI=1S/C24H26N2S.C5H11N/c1-15-10-17(3)21(11-16(15)2)13-22-23(14-25)27-24(26-22)20-9-8-18-6-4-5-7-19(18)12-20;1-4-6(3)5-2/h8-12,24,26H,4-7,13H2,1-3H3;4H,1,5H2,2-3H3. The Morgan fingerprint density at radius 1 is 1.09 bits per heavy atom. The third-order valence-electron chi connectivity index (χ3n) is 6.72. The number of thioether (sulfide) groups is 1. The molecule has 0 fully saturated rings. The quantitative estimate of drug-likeness (QED) is 0.529. The van der Waals surface area contributed by atoms with E-state index in [9.17, 15) is 5.26 Å². The van der Waals surface area contributed by atoms with E-state index in [1.807, 2.05) is 11.9 Å². The molecule has 1 N–H and O–H groups in total. The molecule has 0 radical (unpaired) electrons. The highest BCUT2D eigenvalue weighted by Crippen LogP contribution is 2.42. The van der Waals surface area contributed by atoms with Gasteiger partial charge in [-0.2, -0.15) is 5.26 Å². The molecule has 1 atom stereocenters. The number of aryl methyl sites for hydroxylation is 5. The summed E-state index contributed by atoms with van der Waals surface area (Å²) in [5.41, 5.74) is 10.6. The van der Waals surface area contributed by atoms with Gasteiger partial charge in [-0.15, -0.1) is 0 Å². The molecule has 2 aliphatic rings. The van der Waals surface area contributed by atoms with Crippen LogP contribution in [0.1, 0.15) is 64.1 Å². The molecule has 0 aromatic heterocycles. The smallest absolute Gasteiger partial charge is 0.108 e. The molecule has 1 aliphatic carbocycles. The monoisotopic (exact) mass is 459 g/mol. The summed E-state index contributed by atoms with van der Waals surface area (Å²) in [5.74, 6) is 0. The molecule has 4 rings (SSSR count). The minimum atomic E-state index is 0.147. The Kier molecular flexibility index (Phi) is 8.69. The van der Waals surface area contributed by atoms with Gasteiger partial charge in [-0.25, -0.2) is 0 Å². The number of benzene rings is 2. The second kappa shape index (κ2) is 11.5. The zero-order valence-electron chi connectivity index (χ0n) is 20.8. The van der Waals surface area contributed by atoms with Crippen molar-refractivity contribution in [2.24, 2.45) is 0 Å². The van der Waals surface area contributed by atoms with Crippen molar-refractivity contribution in [3.63, 3.8) is 0 Å². The topological polar surface area (TPSA) is 39.1 Å². The lowest BCUT2D eigenvalue weighted by Gasteiger charge is -2.19. The van der Waals surface area contributed by atoms with E-state index < -0.39 is 0 Å². The molecule has 174 valence electrons. The fourth-order valence-electron chi connectivity index (χ4n) is 4.27. The molecular weight excluding hydrogens is 422 g/mol. The summed E-state index contributed by atoms with van der Waals surface area (Å²) in [6.07, 6.45) is 7.60. The lowest BCUT2D eigenvalue weighted by Crippen LogP contribution is -2.16. The van der Waals surface area contributed by atoms with E-state index in [1.54, 1.807) is 18.0 Å². The first-order valence-electron chi connectivity index (χ1n) is 11.9. The number of nitrogens with zero attached hydrogens (tertiary/aromatic N) is 2. The molecular formula is C29H37N3S. The van der Waals surface area contributed by atoms with Gasteiger partial charge in [0.05, 0.1) is 0 Å². The van der Waals surface area contributed by atoms with Crippen LogP contribution in [0, 0.1) is 32.1 Å². The van der Waals surface area contributed by atoms with Gasteiger partial charge in [0.25, 0.3) is 0 Å². The summed E-state index contributed by atoms with van der Waals surface area (Å²) < 4.78 is 0. The van der Waals surface area contributed by atoms with Gasteiger partial charge >= 0.3 is 0 Å². The van der Waals surface area contributed by atoms with Crippen LogP contribution in [0.3, 0.4) is 0 Å². The highest BCUT2D eigenvalue weighted by molar-refractivity contribution is 8.03. The highest BCUT2D eigenvalue weighted by atomic mass is 32.2. The van der Waals surface area contributed by atoms with Gasteiger partial charge in [-0.05, 0) is 98.5 Å². The maximum atomic E-state index is 9.67. The van der Waals surface area contributed by atoms with Gasteiger partial charge in [-0.3, -0.25) is 0 Å². The summed E-state index contributed by atoms with van der Waals surface area (Å²) in [5, 5.41) is 13.5. The van der Waals surface area contributed by atoms with Crippen molar-refractivity contribution >= 4 is 11.8 Å². The molecule has 0 saturated carbocycles. The number of nitriles is 1. The SMILES string of the molecule is C=CN(C)CC.Cc1cc(C)c(CC2=C(C#N)SC(c3ccc4c(c3)CCCC4)N2)cc1C. The summed E-state index contributed by atoms with van der Waals surface area (Å²) in [6.45, 7) is 13.2. The van der Waals surface area contributed by atoms with Crippen LogP contribution in [0.15, 0.2) is 53.7 Å². The van der Waals surface area contributed by atoms with Crippen LogP contribution < -0.4 is 5.32 Å². The van der Waals surface area contributed by atoms with Crippen LogP contribution in [0.25, 0.3) is 0 Å². The van der Waals surface area contributed by atoms with Crippen molar-refractivity contribution in [2.45, 2.75) is 65.2 Å².